The van der Waals surface area contributed by atoms with Crippen molar-refractivity contribution < 1.29 is 26.7 Å². The maximum atomic E-state index is 13.8. The molecule has 0 aliphatic heterocycles. The first-order valence-electron chi connectivity index (χ1n) is 7.62. The SMILES string of the molecule is O=C(Nc1nccnc1-c1cc(C(F)(F)F)ccc1Cl)c1c(F)cccc1F. The minimum absolute atomic E-state index is 0.0823. The molecule has 3 rings (SSSR count). The molecule has 1 heterocycles. The van der Waals surface area contributed by atoms with Crippen molar-refractivity contribution in [2.75, 3.05) is 5.32 Å². The van der Waals surface area contributed by atoms with Crippen molar-refractivity contribution in [1.29, 1.82) is 0 Å². The molecule has 144 valence electrons. The smallest absolute Gasteiger partial charge is 0.305 e. The van der Waals surface area contributed by atoms with Gasteiger partial charge < -0.3 is 5.32 Å². The van der Waals surface area contributed by atoms with Crippen LogP contribution in [0.2, 0.25) is 5.02 Å². The summed E-state index contributed by atoms with van der Waals surface area (Å²) in [7, 11) is 0. The standard InChI is InChI=1S/C18H9ClF5N3O/c19-11-5-4-9(18(22,23)24)8-10(11)15-16(26-7-6-25-15)27-17(28)14-12(20)2-1-3-13(14)21/h1-8H,(H,26,27,28). The van der Waals surface area contributed by atoms with Crippen LogP contribution in [0.5, 0.6) is 0 Å². The van der Waals surface area contributed by atoms with Gasteiger partial charge in [-0.15, -0.1) is 0 Å². The number of hydrogen-bond donors (Lipinski definition) is 1. The number of benzene rings is 2. The molecule has 0 spiro atoms. The Morgan fingerprint density at radius 2 is 1.64 bits per heavy atom. The zero-order valence-electron chi connectivity index (χ0n) is 13.7. The molecular weight excluding hydrogens is 405 g/mol. The van der Waals surface area contributed by atoms with Crippen LogP contribution in [0.15, 0.2) is 48.8 Å². The van der Waals surface area contributed by atoms with Gasteiger partial charge in [0.2, 0.25) is 0 Å². The molecule has 1 aromatic heterocycles. The Bertz CT molecular complexity index is 1040. The predicted octanol–water partition coefficient (Wildman–Crippen LogP) is 5.35. The third kappa shape index (κ3) is 3.94. The molecule has 0 radical (unpaired) electrons. The van der Waals surface area contributed by atoms with Gasteiger partial charge in [-0.25, -0.2) is 13.8 Å². The summed E-state index contributed by atoms with van der Waals surface area (Å²) in [5.74, 6) is -3.71. The Labute approximate surface area is 160 Å². The number of anilines is 1. The Hall–Kier alpha value is -3.07. The van der Waals surface area contributed by atoms with Gasteiger partial charge in [0.15, 0.2) is 5.82 Å². The topological polar surface area (TPSA) is 54.9 Å². The summed E-state index contributed by atoms with van der Waals surface area (Å²) < 4.78 is 66.6. The molecule has 4 nitrogen and oxygen atoms in total. The summed E-state index contributed by atoms with van der Waals surface area (Å²) >= 11 is 5.99. The first kappa shape index (κ1) is 19.7. The van der Waals surface area contributed by atoms with Gasteiger partial charge in [0.05, 0.1) is 10.6 Å². The van der Waals surface area contributed by atoms with E-state index in [-0.39, 0.29) is 22.1 Å². The number of amides is 1. The Balaban J connectivity index is 2.05. The van der Waals surface area contributed by atoms with E-state index in [1.807, 2.05) is 0 Å². The fourth-order valence-electron chi connectivity index (χ4n) is 2.39. The number of halogens is 6. The molecule has 1 amide bonds. The van der Waals surface area contributed by atoms with E-state index in [1.54, 1.807) is 0 Å². The summed E-state index contributed by atoms with van der Waals surface area (Å²) in [5, 5.41) is 2.08. The van der Waals surface area contributed by atoms with Crippen molar-refractivity contribution >= 4 is 23.3 Å². The lowest BCUT2D eigenvalue weighted by Crippen LogP contribution is -2.17. The van der Waals surface area contributed by atoms with Gasteiger partial charge in [-0.2, -0.15) is 13.2 Å². The molecule has 0 saturated carbocycles. The van der Waals surface area contributed by atoms with Crippen LogP contribution in [0.25, 0.3) is 11.3 Å². The van der Waals surface area contributed by atoms with E-state index in [1.165, 1.54) is 6.20 Å². The molecule has 0 atom stereocenters. The van der Waals surface area contributed by atoms with Gasteiger partial charge in [0.1, 0.15) is 22.9 Å². The van der Waals surface area contributed by atoms with Gasteiger partial charge >= 0.3 is 6.18 Å². The van der Waals surface area contributed by atoms with Gasteiger partial charge in [0, 0.05) is 18.0 Å². The number of carbonyl (C=O) groups excluding carboxylic acids is 1. The number of aromatic nitrogens is 2. The van der Waals surface area contributed by atoms with E-state index in [4.69, 9.17) is 11.6 Å². The van der Waals surface area contributed by atoms with Crippen molar-refractivity contribution in [2.45, 2.75) is 6.18 Å². The highest BCUT2D eigenvalue weighted by Crippen LogP contribution is 2.37. The number of nitrogens with one attached hydrogen (secondary N) is 1. The largest absolute Gasteiger partial charge is 0.416 e. The molecule has 0 saturated heterocycles. The van der Waals surface area contributed by atoms with Crippen molar-refractivity contribution in [3.63, 3.8) is 0 Å². The van der Waals surface area contributed by atoms with Crippen molar-refractivity contribution in [2.24, 2.45) is 0 Å². The van der Waals surface area contributed by atoms with E-state index in [0.717, 1.165) is 42.6 Å². The number of nitrogens with zero attached hydrogens (tertiary/aromatic N) is 2. The second-order valence-corrected chi connectivity index (χ2v) is 5.90. The Morgan fingerprint density at radius 3 is 2.29 bits per heavy atom. The van der Waals surface area contributed by atoms with Crippen LogP contribution in [-0.2, 0) is 6.18 Å². The molecule has 1 N–H and O–H groups in total. The average Bonchev–Trinajstić information content (AvgIpc) is 2.61. The van der Waals surface area contributed by atoms with Crippen LogP contribution >= 0.6 is 11.6 Å². The predicted molar refractivity (Wildman–Crippen MR) is 91.8 cm³/mol. The van der Waals surface area contributed by atoms with E-state index < -0.39 is 34.8 Å². The molecule has 0 aliphatic rings. The number of carbonyl (C=O) groups is 1. The zero-order valence-corrected chi connectivity index (χ0v) is 14.4. The van der Waals surface area contributed by atoms with Crippen molar-refractivity contribution in [1.82, 2.24) is 9.97 Å². The maximum Gasteiger partial charge on any atom is 0.416 e. The third-order valence-corrected chi connectivity index (χ3v) is 4.00. The quantitative estimate of drug-likeness (QED) is 0.589. The third-order valence-electron chi connectivity index (χ3n) is 3.67. The molecule has 0 fully saturated rings. The summed E-state index contributed by atoms with van der Waals surface area (Å²) in [6.45, 7) is 0. The minimum Gasteiger partial charge on any atom is -0.305 e. The van der Waals surface area contributed by atoms with Crippen molar-refractivity contribution in [3.8, 4) is 11.3 Å². The van der Waals surface area contributed by atoms with E-state index in [0.29, 0.717) is 0 Å². The summed E-state index contributed by atoms with van der Waals surface area (Å²) in [6.07, 6.45) is -2.31. The average molecular weight is 414 g/mol. The molecule has 0 bridgehead atoms. The number of hydrogen-bond acceptors (Lipinski definition) is 3. The zero-order chi connectivity index (χ0) is 20.5. The molecule has 0 unspecified atom stereocenters. The van der Waals surface area contributed by atoms with Gasteiger partial charge in [-0.05, 0) is 30.3 Å². The van der Waals surface area contributed by atoms with Crippen LogP contribution in [0.3, 0.4) is 0 Å². The summed E-state index contributed by atoms with van der Waals surface area (Å²) in [6, 6.07) is 5.41. The highest BCUT2D eigenvalue weighted by molar-refractivity contribution is 6.33. The molecular formula is C18H9ClF5N3O. The monoisotopic (exact) mass is 413 g/mol. The van der Waals surface area contributed by atoms with Crippen LogP contribution in [0.4, 0.5) is 27.8 Å². The summed E-state index contributed by atoms with van der Waals surface area (Å²) in [4.78, 5) is 20.0. The van der Waals surface area contributed by atoms with Crippen LogP contribution < -0.4 is 5.32 Å². The highest BCUT2D eigenvalue weighted by Gasteiger charge is 2.31. The lowest BCUT2D eigenvalue weighted by atomic mass is 10.1. The molecule has 28 heavy (non-hydrogen) atoms. The molecule has 0 aliphatic carbocycles. The van der Waals surface area contributed by atoms with E-state index in [9.17, 15) is 26.7 Å². The molecule has 10 heteroatoms. The second kappa shape index (κ2) is 7.51. The normalized spacial score (nSPS) is 11.4. The van der Waals surface area contributed by atoms with Crippen LogP contribution in [-0.4, -0.2) is 15.9 Å². The lowest BCUT2D eigenvalue weighted by Gasteiger charge is -2.13. The van der Waals surface area contributed by atoms with Gasteiger partial charge in [-0.1, -0.05) is 17.7 Å². The first-order chi connectivity index (χ1) is 13.2. The fourth-order valence-corrected chi connectivity index (χ4v) is 2.60. The maximum absolute atomic E-state index is 13.8. The number of rotatable bonds is 3. The fraction of sp³-hybridized carbons (Fsp3) is 0.0556. The highest BCUT2D eigenvalue weighted by atomic mass is 35.5. The lowest BCUT2D eigenvalue weighted by molar-refractivity contribution is -0.137. The minimum atomic E-state index is -4.64. The Morgan fingerprint density at radius 1 is 1.00 bits per heavy atom. The van der Waals surface area contributed by atoms with Crippen LogP contribution in [0, 0.1) is 11.6 Å². The van der Waals surface area contributed by atoms with E-state index in [2.05, 4.69) is 15.3 Å². The number of alkyl halides is 3. The van der Waals surface area contributed by atoms with E-state index >= 15 is 0 Å². The van der Waals surface area contributed by atoms with Gasteiger partial charge in [-0.3, -0.25) is 9.78 Å². The second-order valence-electron chi connectivity index (χ2n) is 5.50. The van der Waals surface area contributed by atoms with Crippen LogP contribution in [0.1, 0.15) is 15.9 Å². The molecule has 3 aromatic rings. The van der Waals surface area contributed by atoms with Gasteiger partial charge in [0.25, 0.3) is 5.91 Å². The Kier molecular flexibility index (Phi) is 5.28. The summed E-state index contributed by atoms with van der Waals surface area (Å²) in [5.41, 5.74) is -2.21. The molecule has 2 aromatic carbocycles. The van der Waals surface area contributed by atoms with Crippen molar-refractivity contribution in [3.05, 3.63) is 76.6 Å². The first-order valence-corrected chi connectivity index (χ1v) is 7.99.